The molecule has 0 spiro atoms. The van der Waals surface area contributed by atoms with Gasteiger partial charge in [0.25, 0.3) is 0 Å². The first-order valence-electron chi connectivity index (χ1n) is 10.8. The number of carbonyl (C=O) groups excluding carboxylic acids is 1. The number of nitrogens with zero attached hydrogens (tertiary/aromatic N) is 1. The predicted molar refractivity (Wildman–Crippen MR) is 120 cm³/mol. The predicted octanol–water partition coefficient (Wildman–Crippen LogP) is 6.52. The first-order valence-corrected chi connectivity index (χ1v) is 10.8. The number of hydrogen-bond donors (Lipinski definition) is 1. The second-order valence-electron chi connectivity index (χ2n) is 7.87. The van der Waals surface area contributed by atoms with E-state index in [-0.39, 0.29) is 24.2 Å². The van der Waals surface area contributed by atoms with E-state index in [1.54, 1.807) is 6.08 Å². The van der Waals surface area contributed by atoms with Gasteiger partial charge >= 0.3 is 0 Å². The van der Waals surface area contributed by atoms with Crippen LogP contribution in [0.4, 0.5) is 13.2 Å². The van der Waals surface area contributed by atoms with Crippen LogP contribution in [-0.2, 0) is 4.79 Å². The van der Waals surface area contributed by atoms with Crippen molar-refractivity contribution in [3.05, 3.63) is 71.6 Å². The smallest absolute Gasteiger partial charge is 0.194 e. The highest BCUT2D eigenvalue weighted by Gasteiger charge is 2.22. The van der Waals surface area contributed by atoms with Crippen molar-refractivity contribution in [2.24, 2.45) is 5.10 Å². The zero-order valence-corrected chi connectivity index (χ0v) is 18.3. The fourth-order valence-corrected chi connectivity index (χ4v) is 3.87. The highest BCUT2D eigenvalue weighted by Crippen LogP contribution is 2.29. The number of hydrogen-bond acceptors (Lipinski definition) is 3. The Hall–Kier alpha value is -2.63. The van der Waals surface area contributed by atoms with Crippen LogP contribution in [0.2, 0.25) is 0 Å². The van der Waals surface area contributed by atoms with Crippen molar-refractivity contribution < 1.29 is 18.0 Å². The number of allylic oxidation sites excluding steroid dienone is 5. The minimum atomic E-state index is -1.48. The molecule has 1 aliphatic rings. The molecule has 31 heavy (non-hydrogen) atoms. The van der Waals surface area contributed by atoms with E-state index in [4.69, 9.17) is 0 Å². The molecule has 168 valence electrons. The number of Topliss-reactive ketones (excluding diaryl/α,β-unsaturated/α-hetero) is 1. The summed E-state index contributed by atoms with van der Waals surface area (Å²) in [7, 11) is 0. The number of rotatable bonds is 12. The summed E-state index contributed by atoms with van der Waals surface area (Å²) < 4.78 is 40.5. The first-order chi connectivity index (χ1) is 14.9. The minimum absolute atomic E-state index is 0.0453. The Bertz CT molecular complexity index is 851. The van der Waals surface area contributed by atoms with Gasteiger partial charge in [-0.2, -0.15) is 5.10 Å². The zero-order valence-electron chi connectivity index (χ0n) is 18.3. The molecule has 0 fully saturated rings. The highest BCUT2D eigenvalue weighted by atomic mass is 19.2. The number of nitrogens with one attached hydrogen (secondary N) is 1. The summed E-state index contributed by atoms with van der Waals surface area (Å²) in [5.74, 6) is -4.17. The number of hydrazone groups is 1. The average Bonchev–Trinajstić information content (AvgIpc) is 3.20. The van der Waals surface area contributed by atoms with Crippen LogP contribution in [-0.4, -0.2) is 17.5 Å². The van der Waals surface area contributed by atoms with Gasteiger partial charge in [0.1, 0.15) is 5.78 Å². The Morgan fingerprint density at radius 1 is 1.32 bits per heavy atom. The lowest BCUT2D eigenvalue weighted by atomic mass is 9.88. The van der Waals surface area contributed by atoms with E-state index in [0.717, 1.165) is 42.7 Å². The maximum absolute atomic E-state index is 13.6. The van der Waals surface area contributed by atoms with Crippen LogP contribution in [0.25, 0.3) is 0 Å². The van der Waals surface area contributed by atoms with Gasteiger partial charge in [0.15, 0.2) is 17.5 Å². The third-order valence-corrected chi connectivity index (χ3v) is 5.40. The van der Waals surface area contributed by atoms with E-state index in [9.17, 15) is 18.0 Å². The highest BCUT2D eigenvalue weighted by molar-refractivity contribution is 6.03. The van der Waals surface area contributed by atoms with Gasteiger partial charge < -0.3 is 5.43 Å². The number of benzene rings is 1. The Morgan fingerprint density at radius 2 is 2.03 bits per heavy atom. The lowest BCUT2D eigenvalue weighted by Crippen LogP contribution is -2.19. The molecule has 1 aromatic carbocycles. The van der Waals surface area contributed by atoms with E-state index in [2.05, 4.69) is 17.1 Å². The second kappa shape index (κ2) is 12.3. The van der Waals surface area contributed by atoms with Crippen LogP contribution in [0.3, 0.4) is 0 Å². The fourth-order valence-electron chi connectivity index (χ4n) is 3.87. The van der Waals surface area contributed by atoms with E-state index >= 15 is 0 Å². The maximum atomic E-state index is 13.6. The molecular weight excluding hydrogens is 401 g/mol. The summed E-state index contributed by atoms with van der Waals surface area (Å²) in [4.78, 5) is 12.5. The minimum Gasteiger partial charge on any atom is -0.306 e. The van der Waals surface area contributed by atoms with Crippen LogP contribution in [0.15, 0.2) is 53.7 Å². The molecule has 0 saturated carbocycles. The largest absolute Gasteiger partial charge is 0.306 e. The summed E-state index contributed by atoms with van der Waals surface area (Å²) >= 11 is 0. The third kappa shape index (κ3) is 7.23. The molecule has 0 amide bonds. The van der Waals surface area contributed by atoms with E-state index in [1.807, 2.05) is 32.1 Å². The van der Waals surface area contributed by atoms with Gasteiger partial charge in [-0.05, 0) is 55.4 Å². The van der Waals surface area contributed by atoms with Crippen LogP contribution >= 0.6 is 0 Å². The van der Waals surface area contributed by atoms with E-state index in [0.29, 0.717) is 24.8 Å². The maximum Gasteiger partial charge on any atom is 0.194 e. The lowest BCUT2D eigenvalue weighted by molar-refractivity contribution is -0.119. The normalized spacial score (nSPS) is 17.5. The number of halogens is 3. The van der Waals surface area contributed by atoms with Crippen molar-refractivity contribution in [3.8, 4) is 0 Å². The number of ketones is 1. The summed E-state index contributed by atoms with van der Waals surface area (Å²) in [5, 5.41) is 4.40. The van der Waals surface area contributed by atoms with Gasteiger partial charge in [0.05, 0.1) is 5.71 Å². The quantitative estimate of drug-likeness (QED) is 0.302. The van der Waals surface area contributed by atoms with Crippen LogP contribution < -0.4 is 5.43 Å². The topological polar surface area (TPSA) is 41.5 Å². The molecule has 0 saturated heterocycles. The monoisotopic (exact) mass is 432 g/mol. The van der Waals surface area contributed by atoms with Crippen molar-refractivity contribution in [2.75, 3.05) is 0 Å². The molecule has 1 aliphatic heterocycles. The molecule has 0 aromatic heterocycles. The van der Waals surface area contributed by atoms with Crippen molar-refractivity contribution in [1.82, 2.24) is 5.43 Å². The van der Waals surface area contributed by atoms with Crippen molar-refractivity contribution in [2.45, 2.75) is 70.8 Å². The molecule has 2 rings (SSSR count). The molecular formula is C25H31F3N2O. The molecule has 6 heteroatoms. The molecule has 2 atom stereocenters. The summed E-state index contributed by atoms with van der Waals surface area (Å²) in [5.41, 5.74) is 5.46. The molecule has 0 aliphatic carbocycles. The standard InChI is InChI=1S/C25H31F3N2O/c1-4-8-17(9-5-2)24-16-20(29-30-24)11-7-12-21(31)13-18(10-6-3)19-14-22(26)25(28)23(27)15-19/h4-5,8-9,14-15,18,20,29H,1,6-7,10-13,16H2,2-3H3/b9-5-,17-8+. The summed E-state index contributed by atoms with van der Waals surface area (Å²) in [6, 6.07) is 2.19. The molecule has 0 bridgehead atoms. The average molecular weight is 433 g/mol. The fraction of sp³-hybridized carbons (Fsp3) is 0.440. The Kier molecular flexibility index (Phi) is 9.76. The van der Waals surface area contributed by atoms with Gasteiger partial charge in [-0.3, -0.25) is 4.79 Å². The van der Waals surface area contributed by atoms with Gasteiger partial charge in [-0.1, -0.05) is 44.2 Å². The first kappa shape index (κ1) is 24.6. The molecule has 1 heterocycles. The van der Waals surface area contributed by atoms with Crippen molar-refractivity contribution in [3.63, 3.8) is 0 Å². The molecule has 3 nitrogen and oxygen atoms in total. The van der Waals surface area contributed by atoms with Crippen molar-refractivity contribution in [1.29, 1.82) is 0 Å². The van der Waals surface area contributed by atoms with Crippen LogP contribution in [0, 0.1) is 17.5 Å². The van der Waals surface area contributed by atoms with Crippen LogP contribution in [0.5, 0.6) is 0 Å². The summed E-state index contributed by atoms with van der Waals surface area (Å²) in [6.45, 7) is 7.62. The molecule has 0 radical (unpaired) electrons. The van der Waals surface area contributed by atoms with E-state index in [1.165, 1.54) is 0 Å². The van der Waals surface area contributed by atoms with Crippen LogP contribution in [0.1, 0.15) is 70.3 Å². The molecule has 1 aromatic rings. The Balaban J connectivity index is 1.86. The second-order valence-corrected chi connectivity index (χ2v) is 7.87. The number of carbonyl (C=O) groups is 1. The van der Waals surface area contributed by atoms with Gasteiger partial charge in [-0.25, -0.2) is 13.2 Å². The lowest BCUT2D eigenvalue weighted by Gasteiger charge is -2.17. The van der Waals surface area contributed by atoms with Gasteiger partial charge in [-0.15, -0.1) is 0 Å². The van der Waals surface area contributed by atoms with Gasteiger partial charge in [0, 0.05) is 25.3 Å². The third-order valence-electron chi connectivity index (χ3n) is 5.40. The molecule has 1 N–H and O–H groups in total. The Labute approximate surface area is 182 Å². The zero-order chi connectivity index (χ0) is 22.8. The Morgan fingerprint density at radius 3 is 2.65 bits per heavy atom. The van der Waals surface area contributed by atoms with Gasteiger partial charge in [0.2, 0.25) is 0 Å². The van der Waals surface area contributed by atoms with E-state index < -0.39 is 17.5 Å². The summed E-state index contributed by atoms with van der Waals surface area (Å²) in [6.07, 6.45) is 11.8. The molecule has 2 unspecified atom stereocenters. The SMILES string of the molecule is C=C/C=C(\C=C/C)C1=NNC(CCCC(=O)CC(CCC)c2cc(F)c(F)c(F)c2)C1. The van der Waals surface area contributed by atoms with Crippen molar-refractivity contribution >= 4 is 11.5 Å².